The molecule has 0 bridgehead atoms. The SMILES string of the molecule is Nc1nc2c(CO)c(F)c(F)cc2s1. The van der Waals surface area contributed by atoms with Gasteiger partial charge in [-0.25, -0.2) is 13.8 Å². The molecule has 0 aliphatic heterocycles. The number of halogens is 2. The minimum atomic E-state index is -1.06. The molecule has 1 heterocycles. The van der Waals surface area contributed by atoms with Crippen molar-refractivity contribution in [2.45, 2.75) is 6.61 Å². The molecule has 0 radical (unpaired) electrons. The first kappa shape index (κ1) is 9.29. The maximum Gasteiger partial charge on any atom is 0.181 e. The Morgan fingerprint density at radius 2 is 2.21 bits per heavy atom. The third kappa shape index (κ3) is 1.23. The molecule has 2 aromatic rings. The summed E-state index contributed by atoms with van der Waals surface area (Å²) in [7, 11) is 0. The first-order valence-electron chi connectivity index (χ1n) is 3.77. The van der Waals surface area contributed by atoms with Crippen molar-refractivity contribution in [3.05, 3.63) is 23.3 Å². The van der Waals surface area contributed by atoms with Gasteiger partial charge in [-0.15, -0.1) is 0 Å². The van der Waals surface area contributed by atoms with Crippen molar-refractivity contribution in [1.82, 2.24) is 4.98 Å². The normalized spacial score (nSPS) is 11.1. The Morgan fingerprint density at radius 1 is 1.50 bits per heavy atom. The summed E-state index contributed by atoms with van der Waals surface area (Å²) in [5.74, 6) is -2.06. The number of aliphatic hydroxyl groups is 1. The Labute approximate surface area is 81.8 Å². The highest BCUT2D eigenvalue weighted by Crippen LogP contribution is 2.29. The van der Waals surface area contributed by atoms with E-state index in [0.29, 0.717) is 4.70 Å². The van der Waals surface area contributed by atoms with Crippen molar-refractivity contribution in [2.24, 2.45) is 0 Å². The van der Waals surface area contributed by atoms with Gasteiger partial charge in [0.1, 0.15) is 0 Å². The molecule has 1 aromatic heterocycles. The molecule has 3 nitrogen and oxygen atoms in total. The molecule has 0 spiro atoms. The number of nitrogen functional groups attached to an aromatic ring is 1. The van der Waals surface area contributed by atoms with Crippen molar-refractivity contribution in [3.8, 4) is 0 Å². The molecule has 0 aliphatic rings. The average Bonchev–Trinajstić information content (AvgIpc) is 2.47. The van der Waals surface area contributed by atoms with Crippen LogP contribution in [0.25, 0.3) is 10.2 Å². The fourth-order valence-corrected chi connectivity index (χ4v) is 2.02. The van der Waals surface area contributed by atoms with Gasteiger partial charge in [0.15, 0.2) is 16.8 Å². The third-order valence-electron chi connectivity index (χ3n) is 1.85. The zero-order chi connectivity index (χ0) is 10.3. The van der Waals surface area contributed by atoms with Crippen molar-refractivity contribution in [3.63, 3.8) is 0 Å². The smallest absolute Gasteiger partial charge is 0.181 e. The maximum atomic E-state index is 13.1. The predicted molar refractivity (Wildman–Crippen MR) is 49.9 cm³/mol. The molecule has 0 unspecified atom stereocenters. The average molecular weight is 216 g/mol. The highest BCUT2D eigenvalue weighted by molar-refractivity contribution is 7.22. The van der Waals surface area contributed by atoms with Gasteiger partial charge < -0.3 is 10.8 Å². The Kier molecular flexibility index (Phi) is 2.09. The summed E-state index contributed by atoms with van der Waals surface area (Å²) in [6, 6.07) is 1.03. The predicted octanol–water partition coefficient (Wildman–Crippen LogP) is 1.65. The Hall–Kier alpha value is -1.27. The second-order valence-corrected chi connectivity index (χ2v) is 3.77. The van der Waals surface area contributed by atoms with Gasteiger partial charge >= 0.3 is 0 Å². The number of benzene rings is 1. The van der Waals surface area contributed by atoms with Gasteiger partial charge in [0.25, 0.3) is 0 Å². The standard InChI is InChI=1S/C8H6F2N2OS/c9-4-1-5-7(12-8(11)14-5)3(2-13)6(4)10/h1,13H,2H2,(H2,11,12). The summed E-state index contributed by atoms with van der Waals surface area (Å²) < 4.78 is 26.5. The fourth-order valence-electron chi connectivity index (χ4n) is 1.23. The van der Waals surface area contributed by atoms with Crippen LogP contribution >= 0.6 is 11.3 Å². The molecule has 2 rings (SSSR count). The molecule has 6 heteroatoms. The van der Waals surface area contributed by atoms with Crippen LogP contribution in [0.5, 0.6) is 0 Å². The van der Waals surface area contributed by atoms with Gasteiger partial charge in [0.05, 0.1) is 16.8 Å². The molecular weight excluding hydrogens is 210 g/mol. The number of aliphatic hydroxyl groups excluding tert-OH is 1. The van der Waals surface area contributed by atoms with Gasteiger partial charge in [-0.1, -0.05) is 11.3 Å². The molecular formula is C8H6F2N2OS. The molecule has 3 N–H and O–H groups in total. The van der Waals surface area contributed by atoms with Crippen molar-refractivity contribution >= 4 is 26.7 Å². The van der Waals surface area contributed by atoms with E-state index in [1.165, 1.54) is 0 Å². The second-order valence-electron chi connectivity index (χ2n) is 2.71. The Balaban J connectivity index is 2.87. The molecule has 0 atom stereocenters. The number of nitrogens with zero attached hydrogens (tertiary/aromatic N) is 1. The summed E-state index contributed by atoms with van der Waals surface area (Å²) in [6.07, 6.45) is 0. The molecule has 74 valence electrons. The minimum Gasteiger partial charge on any atom is -0.391 e. The zero-order valence-corrected chi connectivity index (χ0v) is 7.74. The number of fused-ring (bicyclic) bond motifs is 1. The summed E-state index contributed by atoms with van der Waals surface area (Å²) in [5.41, 5.74) is 5.48. The van der Waals surface area contributed by atoms with E-state index in [0.717, 1.165) is 17.4 Å². The lowest BCUT2D eigenvalue weighted by atomic mass is 10.2. The van der Waals surface area contributed by atoms with Crippen molar-refractivity contribution in [1.29, 1.82) is 0 Å². The number of anilines is 1. The van der Waals surface area contributed by atoms with Crippen LogP contribution in [0.4, 0.5) is 13.9 Å². The van der Waals surface area contributed by atoms with Crippen LogP contribution in [0.3, 0.4) is 0 Å². The van der Waals surface area contributed by atoms with Crippen LogP contribution in [0.1, 0.15) is 5.56 Å². The zero-order valence-electron chi connectivity index (χ0n) is 6.92. The number of thiazole rings is 1. The number of hydrogen-bond donors (Lipinski definition) is 2. The highest BCUT2D eigenvalue weighted by Gasteiger charge is 2.15. The second kappa shape index (κ2) is 3.14. The van der Waals surface area contributed by atoms with Gasteiger partial charge in [-0.2, -0.15) is 0 Å². The highest BCUT2D eigenvalue weighted by atomic mass is 32.1. The van der Waals surface area contributed by atoms with E-state index in [2.05, 4.69) is 4.98 Å². The third-order valence-corrected chi connectivity index (χ3v) is 2.68. The lowest BCUT2D eigenvalue weighted by molar-refractivity contribution is 0.275. The van der Waals surface area contributed by atoms with Gasteiger partial charge in [0, 0.05) is 5.56 Å². The molecule has 1 aromatic carbocycles. The lowest BCUT2D eigenvalue weighted by Gasteiger charge is -2.00. The summed E-state index contributed by atoms with van der Waals surface area (Å²) in [4.78, 5) is 3.82. The number of aromatic nitrogens is 1. The van der Waals surface area contributed by atoms with Crippen LogP contribution in [0, 0.1) is 11.6 Å². The number of hydrogen-bond acceptors (Lipinski definition) is 4. The van der Waals surface area contributed by atoms with E-state index in [4.69, 9.17) is 10.8 Å². The molecule has 0 saturated carbocycles. The van der Waals surface area contributed by atoms with E-state index in [1.54, 1.807) is 0 Å². The van der Waals surface area contributed by atoms with E-state index in [9.17, 15) is 8.78 Å². The van der Waals surface area contributed by atoms with Gasteiger partial charge in [0.2, 0.25) is 0 Å². The molecule has 0 aliphatic carbocycles. The minimum absolute atomic E-state index is 0.145. The van der Waals surface area contributed by atoms with Crippen LogP contribution < -0.4 is 5.73 Å². The van der Waals surface area contributed by atoms with E-state index >= 15 is 0 Å². The van der Waals surface area contributed by atoms with Gasteiger partial charge in [-0.3, -0.25) is 0 Å². The topological polar surface area (TPSA) is 59.1 Å². The summed E-state index contributed by atoms with van der Waals surface area (Å²) >= 11 is 1.05. The summed E-state index contributed by atoms with van der Waals surface area (Å²) in [5, 5.41) is 9.09. The Morgan fingerprint density at radius 3 is 2.86 bits per heavy atom. The number of nitrogens with two attached hydrogens (primary N) is 1. The van der Waals surface area contributed by atoms with Crippen molar-refractivity contribution in [2.75, 3.05) is 5.73 Å². The molecule has 0 fully saturated rings. The number of rotatable bonds is 1. The molecule has 0 saturated heterocycles. The van der Waals surface area contributed by atoms with Crippen LogP contribution in [-0.4, -0.2) is 10.1 Å². The van der Waals surface area contributed by atoms with Crippen LogP contribution in [-0.2, 0) is 6.61 Å². The van der Waals surface area contributed by atoms with E-state index in [1.807, 2.05) is 0 Å². The largest absolute Gasteiger partial charge is 0.391 e. The van der Waals surface area contributed by atoms with E-state index in [-0.39, 0.29) is 16.2 Å². The first-order chi connectivity index (χ1) is 6.63. The quantitative estimate of drug-likeness (QED) is 0.762. The van der Waals surface area contributed by atoms with Gasteiger partial charge in [-0.05, 0) is 6.07 Å². The molecule has 0 amide bonds. The van der Waals surface area contributed by atoms with E-state index < -0.39 is 18.2 Å². The lowest BCUT2D eigenvalue weighted by Crippen LogP contribution is -1.95. The van der Waals surface area contributed by atoms with Crippen molar-refractivity contribution < 1.29 is 13.9 Å². The summed E-state index contributed by atoms with van der Waals surface area (Å²) in [6.45, 7) is -0.594. The molecule has 14 heavy (non-hydrogen) atoms. The first-order valence-corrected chi connectivity index (χ1v) is 4.59. The van der Waals surface area contributed by atoms with Crippen LogP contribution in [0.15, 0.2) is 6.07 Å². The fraction of sp³-hybridized carbons (Fsp3) is 0.125. The van der Waals surface area contributed by atoms with Crippen LogP contribution in [0.2, 0.25) is 0 Å². The Bertz CT molecular complexity index is 498. The monoisotopic (exact) mass is 216 g/mol. The maximum absolute atomic E-state index is 13.1.